The number of rotatable bonds is 11. The lowest BCUT2D eigenvalue weighted by Crippen LogP contribution is -2.27. The van der Waals surface area contributed by atoms with Crippen LogP contribution in [0.15, 0.2) is 48.9 Å². The summed E-state index contributed by atoms with van der Waals surface area (Å²) in [4.78, 5) is 11.8. The maximum Gasteiger partial charge on any atom is 0.184 e. The molecule has 0 amide bonds. The Balaban J connectivity index is 1.24. The van der Waals surface area contributed by atoms with E-state index in [1.807, 2.05) is 35.1 Å². The number of hydrogen-bond acceptors (Lipinski definition) is 7. The van der Waals surface area contributed by atoms with Gasteiger partial charge in [0.15, 0.2) is 5.13 Å². The van der Waals surface area contributed by atoms with Crippen LogP contribution in [0.5, 0.6) is 11.5 Å². The lowest BCUT2D eigenvalue weighted by molar-refractivity contribution is 0.285. The SMILES string of the molecule is CCN(CC)CCn1cc(-c2cc(Oc3ccc4nc(N[C@@H](C)C5CCCCC5)sc4c3)ccn2)cn1. The van der Waals surface area contributed by atoms with Gasteiger partial charge in [-0.3, -0.25) is 9.67 Å². The second-order valence-corrected chi connectivity index (χ2v) is 11.0. The number of likely N-dealkylation sites (N-methyl/N-ethyl adjacent to an activating group) is 1. The van der Waals surface area contributed by atoms with E-state index in [1.165, 1.54) is 32.1 Å². The molecular formula is C29H38N6OS. The highest BCUT2D eigenvalue weighted by Crippen LogP contribution is 2.34. The maximum atomic E-state index is 6.23. The van der Waals surface area contributed by atoms with Gasteiger partial charge < -0.3 is 15.0 Å². The number of nitrogens with zero attached hydrogens (tertiary/aromatic N) is 5. The highest BCUT2D eigenvalue weighted by Gasteiger charge is 2.21. The molecule has 3 aromatic heterocycles. The summed E-state index contributed by atoms with van der Waals surface area (Å²) in [5.74, 6) is 2.30. The van der Waals surface area contributed by atoms with Gasteiger partial charge in [0.1, 0.15) is 11.5 Å². The lowest BCUT2D eigenvalue weighted by atomic mass is 9.85. The van der Waals surface area contributed by atoms with Crippen molar-refractivity contribution in [1.29, 1.82) is 0 Å². The van der Waals surface area contributed by atoms with Crippen LogP contribution in [-0.4, -0.2) is 50.3 Å². The van der Waals surface area contributed by atoms with Crippen molar-refractivity contribution in [2.75, 3.05) is 25.0 Å². The number of ether oxygens (including phenoxy) is 1. The van der Waals surface area contributed by atoms with Crippen LogP contribution < -0.4 is 10.1 Å². The first-order valence-electron chi connectivity index (χ1n) is 13.7. The van der Waals surface area contributed by atoms with E-state index in [4.69, 9.17) is 9.72 Å². The number of fused-ring (bicyclic) bond motifs is 1. The second-order valence-electron chi connectivity index (χ2n) is 9.98. The van der Waals surface area contributed by atoms with Crippen molar-refractivity contribution in [2.45, 2.75) is 65.5 Å². The summed E-state index contributed by atoms with van der Waals surface area (Å²) in [6.45, 7) is 10.6. The van der Waals surface area contributed by atoms with E-state index in [9.17, 15) is 0 Å². The summed E-state index contributed by atoms with van der Waals surface area (Å²) in [5, 5.41) is 9.19. The molecule has 1 aliphatic carbocycles. The van der Waals surface area contributed by atoms with Crippen LogP contribution in [-0.2, 0) is 6.54 Å². The molecule has 0 spiro atoms. The number of nitrogens with one attached hydrogen (secondary N) is 1. The van der Waals surface area contributed by atoms with Gasteiger partial charge in [-0.05, 0) is 57.0 Å². The summed E-state index contributed by atoms with van der Waals surface area (Å²) >= 11 is 1.70. The molecule has 1 fully saturated rings. The third-order valence-electron chi connectivity index (χ3n) is 7.50. The summed E-state index contributed by atoms with van der Waals surface area (Å²) < 4.78 is 9.35. The number of pyridine rings is 1. The third kappa shape index (κ3) is 6.48. The van der Waals surface area contributed by atoms with Crippen molar-refractivity contribution in [3.63, 3.8) is 0 Å². The molecule has 4 aromatic rings. The van der Waals surface area contributed by atoms with E-state index in [1.54, 1.807) is 17.5 Å². The molecule has 0 unspecified atom stereocenters. The molecule has 37 heavy (non-hydrogen) atoms. The van der Waals surface area contributed by atoms with E-state index in [2.05, 4.69) is 53.3 Å². The average Bonchev–Trinajstić information content (AvgIpc) is 3.56. The first kappa shape index (κ1) is 25.7. The molecule has 0 aliphatic heterocycles. The minimum absolute atomic E-state index is 0.452. The van der Waals surface area contributed by atoms with Gasteiger partial charge in [0.2, 0.25) is 0 Å². The Labute approximate surface area is 223 Å². The van der Waals surface area contributed by atoms with E-state index in [0.717, 1.165) is 70.2 Å². The van der Waals surface area contributed by atoms with Crippen LogP contribution in [0.2, 0.25) is 0 Å². The Bertz CT molecular complexity index is 1290. The van der Waals surface area contributed by atoms with Crippen LogP contribution in [0.3, 0.4) is 0 Å². The first-order chi connectivity index (χ1) is 18.1. The van der Waals surface area contributed by atoms with E-state index < -0.39 is 0 Å². The molecule has 196 valence electrons. The van der Waals surface area contributed by atoms with E-state index in [-0.39, 0.29) is 0 Å². The van der Waals surface area contributed by atoms with Gasteiger partial charge in [0, 0.05) is 42.7 Å². The number of aromatic nitrogens is 4. The number of anilines is 1. The molecule has 7 nitrogen and oxygen atoms in total. The minimum Gasteiger partial charge on any atom is -0.457 e. The van der Waals surface area contributed by atoms with Gasteiger partial charge in [-0.2, -0.15) is 5.10 Å². The third-order valence-corrected chi connectivity index (χ3v) is 8.45. The molecule has 5 rings (SSSR count). The predicted molar refractivity (Wildman–Crippen MR) is 153 cm³/mol. The van der Waals surface area contributed by atoms with Crippen LogP contribution in [0.1, 0.15) is 52.9 Å². The molecule has 8 heteroatoms. The fraction of sp³-hybridized carbons (Fsp3) is 0.483. The summed E-state index contributed by atoms with van der Waals surface area (Å²) in [6, 6.07) is 10.4. The molecule has 0 bridgehead atoms. The number of thiazole rings is 1. The van der Waals surface area contributed by atoms with Crippen molar-refractivity contribution < 1.29 is 4.74 Å². The van der Waals surface area contributed by atoms with Crippen molar-refractivity contribution in [3.05, 3.63) is 48.9 Å². The van der Waals surface area contributed by atoms with Gasteiger partial charge >= 0.3 is 0 Å². The van der Waals surface area contributed by atoms with Crippen LogP contribution >= 0.6 is 11.3 Å². The second kappa shape index (κ2) is 12.0. The Kier molecular flexibility index (Phi) is 8.36. The maximum absolute atomic E-state index is 6.23. The Morgan fingerprint density at radius 1 is 1.11 bits per heavy atom. The van der Waals surface area contributed by atoms with Crippen LogP contribution in [0, 0.1) is 5.92 Å². The normalized spacial score (nSPS) is 15.4. The lowest BCUT2D eigenvalue weighted by Gasteiger charge is -2.28. The molecule has 3 heterocycles. The predicted octanol–water partition coefficient (Wildman–Crippen LogP) is 7.07. The van der Waals surface area contributed by atoms with Gasteiger partial charge in [0.25, 0.3) is 0 Å². The fourth-order valence-corrected chi connectivity index (χ4v) is 6.14. The molecule has 0 saturated heterocycles. The number of benzene rings is 1. The molecule has 1 atom stereocenters. The average molecular weight is 519 g/mol. The fourth-order valence-electron chi connectivity index (χ4n) is 5.15. The zero-order valence-electron chi connectivity index (χ0n) is 22.2. The molecular weight excluding hydrogens is 480 g/mol. The zero-order chi connectivity index (χ0) is 25.6. The summed E-state index contributed by atoms with van der Waals surface area (Å²) in [7, 11) is 0. The van der Waals surface area contributed by atoms with E-state index in [0.29, 0.717) is 6.04 Å². The van der Waals surface area contributed by atoms with Crippen molar-refractivity contribution >= 4 is 26.7 Å². The summed E-state index contributed by atoms with van der Waals surface area (Å²) in [6.07, 6.45) is 12.5. The smallest absolute Gasteiger partial charge is 0.184 e. The largest absolute Gasteiger partial charge is 0.457 e. The highest BCUT2D eigenvalue weighted by atomic mass is 32.1. The molecule has 1 saturated carbocycles. The van der Waals surface area contributed by atoms with Gasteiger partial charge in [-0.1, -0.05) is 44.4 Å². The van der Waals surface area contributed by atoms with Crippen LogP contribution in [0.25, 0.3) is 21.5 Å². The highest BCUT2D eigenvalue weighted by molar-refractivity contribution is 7.22. The zero-order valence-corrected chi connectivity index (χ0v) is 23.0. The van der Waals surface area contributed by atoms with Crippen molar-refractivity contribution in [1.82, 2.24) is 24.6 Å². The van der Waals surface area contributed by atoms with E-state index >= 15 is 0 Å². The molecule has 1 aromatic carbocycles. The molecule has 1 aliphatic rings. The Morgan fingerprint density at radius 3 is 2.73 bits per heavy atom. The Morgan fingerprint density at radius 2 is 1.92 bits per heavy atom. The van der Waals surface area contributed by atoms with Crippen molar-refractivity contribution in [2.24, 2.45) is 5.92 Å². The minimum atomic E-state index is 0.452. The molecule has 1 N–H and O–H groups in total. The molecule has 0 radical (unpaired) electrons. The summed E-state index contributed by atoms with van der Waals surface area (Å²) in [5.41, 5.74) is 2.85. The van der Waals surface area contributed by atoms with Gasteiger partial charge in [-0.15, -0.1) is 0 Å². The van der Waals surface area contributed by atoms with Gasteiger partial charge in [-0.25, -0.2) is 4.98 Å². The number of hydrogen-bond donors (Lipinski definition) is 1. The first-order valence-corrected chi connectivity index (χ1v) is 14.5. The van der Waals surface area contributed by atoms with Crippen LogP contribution in [0.4, 0.5) is 5.13 Å². The van der Waals surface area contributed by atoms with Crippen molar-refractivity contribution in [3.8, 4) is 22.8 Å². The topological polar surface area (TPSA) is 68.1 Å². The quantitative estimate of drug-likeness (QED) is 0.229. The monoisotopic (exact) mass is 518 g/mol. The standard InChI is InChI=1S/C29H38N6OS/c1-4-34(5-2)15-16-35-20-23(19-31-35)27-17-25(13-14-30-27)36-24-11-12-26-28(18-24)37-29(33-26)32-21(3)22-9-7-6-8-10-22/h11-14,17-22H,4-10,15-16H2,1-3H3,(H,32,33)/t21-/m0/s1. The van der Waals surface area contributed by atoms with Gasteiger partial charge in [0.05, 0.1) is 28.7 Å². The Hall–Kier alpha value is -2.97.